The minimum absolute atomic E-state index is 0. The largest absolute Gasteiger partial charge is 0.378 e. The number of hydrogen-bond donors (Lipinski definition) is 2. The van der Waals surface area contributed by atoms with Crippen molar-refractivity contribution in [2.75, 3.05) is 49.6 Å². The first-order chi connectivity index (χ1) is 11.3. The number of anilines is 2. The summed E-state index contributed by atoms with van der Waals surface area (Å²) in [5, 5.41) is 6.52. The average molecular weight is 389 g/mol. The second-order valence-corrected chi connectivity index (χ2v) is 6.83. The van der Waals surface area contributed by atoms with Crippen LogP contribution in [0, 0.1) is 11.3 Å². The van der Waals surface area contributed by atoms with Gasteiger partial charge in [0.2, 0.25) is 5.91 Å². The first-order valence-corrected chi connectivity index (χ1v) is 8.58. The lowest BCUT2D eigenvalue weighted by atomic mass is 9.92. The second-order valence-electron chi connectivity index (χ2n) is 6.83. The molecule has 1 aromatic heterocycles. The summed E-state index contributed by atoms with van der Waals surface area (Å²) in [6, 6.07) is 3.83. The van der Waals surface area contributed by atoms with E-state index in [-0.39, 0.29) is 42.1 Å². The molecule has 0 aromatic carbocycles. The Kier molecular flexibility index (Phi) is 6.91. The van der Waals surface area contributed by atoms with Gasteiger partial charge in [-0.25, -0.2) is 4.98 Å². The fraction of sp³-hybridized carbons (Fsp3) is 0.647. The van der Waals surface area contributed by atoms with Crippen molar-refractivity contribution in [1.29, 1.82) is 0 Å². The molecule has 1 amide bonds. The lowest BCUT2D eigenvalue weighted by Gasteiger charge is -2.29. The molecule has 2 N–H and O–H groups in total. The van der Waals surface area contributed by atoms with Crippen LogP contribution < -0.4 is 15.5 Å². The van der Waals surface area contributed by atoms with E-state index in [2.05, 4.69) is 20.5 Å². The van der Waals surface area contributed by atoms with Gasteiger partial charge in [-0.3, -0.25) is 4.79 Å². The topological polar surface area (TPSA) is 66.5 Å². The van der Waals surface area contributed by atoms with Crippen molar-refractivity contribution in [2.24, 2.45) is 11.3 Å². The molecule has 1 spiro atoms. The Bertz CT molecular complexity index is 590. The number of carbonyl (C=O) groups is 1. The molecule has 3 fully saturated rings. The van der Waals surface area contributed by atoms with Crippen molar-refractivity contribution in [3.63, 3.8) is 0 Å². The third-order valence-corrected chi connectivity index (χ3v) is 5.46. The van der Waals surface area contributed by atoms with Gasteiger partial charge in [0.25, 0.3) is 0 Å². The Morgan fingerprint density at radius 1 is 1.28 bits per heavy atom. The third-order valence-electron chi connectivity index (χ3n) is 5.46. The highest BCUT2D eigenvalue weighted by molar-refractivity contribution is 5.97. The predicted octanol–water partition coefficient (Wildman–Crippen LogP) is 2.09. The molecule has 25 heavy (non-hydrogen) atoms. The highest BCUT2D eigenvalue weighted by atomic mass is 35.5. The van der Waals surface area contributed by atoms with E-state index in [4.69, 9.17) is 4.74 Å². The van der Waals surface area contributed by atoms with E-state index in [1.54, 1.807) is 6.20 Å². The number of morpholine rings is 1. The number of hydrogen-bond acceptors (Lipinski definition) is 5. The lowest BCUT2D eigenvalue weighted by Crippen LogP contribution is -2.37. The summed E-state index contributed by atoms with van der Waals surface area (Å²) >= 11 is 0. The van der Waals surface area contributed by atoms with Crippen LogP contribution in [0.4, 0.5) is 11.5 Å². The zero-order chi connectivity index (χ0) is 15.7. The smallest absolute Gasteiger partial charge is 0.228 e. The van der Waals surface area contributed by atoms with Gasteiger partial charge in [-0.2, -0.15) is 0 Å². The predicted molar refractivity (Wildman–Crippen MR) is 103 cm³/mol. The SMILES string of the molecule is Cl.Cl.O=C(Nc1cccnc1N1CCOCC1)C1CC12CCNCC2. The Labute approximate surface area is 160 Å². The first-order valence-electron chi connectivity index (χ1n) is 8.58. The molecule has 2 aliphatic heterocycles. The number of halogens is 2. The van der Waals surface area contributed by atoms with E-state index >= 15 is 0 Å². The number of pyridine rings is 1. The van der Waals surface area contributed by atoms with E-state index in [0.717, 1.165) is 56.9 Å². The molecule has 1 unspecified atom stereocenters. The molecule has 1 saturated carbocycles. The van der Waals surface area contributed by atoms with Crippen molar-refractivity contribution in [2.45, 2.75) is 19.3 Å². The highest BCUT2D eigenvalue weighted by Crippen LogP contribution is 2.58. The fourth-order valence-electron chi connectivity index (χ4n) is 3.94. The zero-order valence-corrected chi connectivity index (χ0v) is 15.8. The van der Waals surface area contributed by atoms with Gasteiger partial charge in [0.05, 0.1) is 18.9 Å². The van der Waals surface area contributed by atoms with Gasteiger partial charge in [0.1, 0.15) is 0 Å². The van der Waals surface area contributed by atoms with Crippen LogP contribution in [-0.2, 0) is 9.53 Å². The highest BCUT2D eigenvalue weighted by Gasteiger charge is 2.57. The van der Waals surface area contributed by atoms with Crippen LogP contribution in [-0.4, -0.2) is 50.3 Å². The molecule has 1 atom stereocenters. The van der Waals surface area contributed by atoms with Crippen molar-refractivity contribution in [3.8, 4) is 0 Å². The van der Waals surface area contributed by atoms with E-state index in [1.807, 2.05) is 12.1 Å². The number of carbonyl (C=O) groups excluding carboxylic acids is 1. The standard InChI is InChI=1S/C17H24N4O2.2ClH/c22-16(13-12-17(13)3-6-18-7-4-17)20-14-2-1-5-19-15(14)21-8-10-23-11-9-21;;/h1-2,5,13,18H,3-4,6-12H2,(H,20,22);2*1H. The van der Waals surface area contributed by atoms with Crippen molar-refractivity contribution < 1.29 is 9.53 Å². The molecular weight excluding hydrogens is 363 g/mol. The summed E-state index contributed by atoms with van der Waals surface area (Å²) < 4.78 is 5.40. The number of amides is 1. The minimum atomic E-state index is 0. The van der Waals surface area contributed by atoms with E-state index in [0.29, 0.717) is 13.2 Å². The Morgan fingerprint density at radius 2 is 2.00 bits per heavy atom. The normalized spacial score (nSPS) is 24.0. The van der Waals surface area contributed by atoms with Crippen LogP contribution in [0.5, 0.6) is 0 Å². The van der Waals surface area contributed by atoms with Crippen molar-refractivity contribution in [3.05, 3.63) is 18.3 Å². The summed E-state index contributed by atoms with van der Waals surface area (Å²) in [6.07, 6.45) is 5.06. The molecule has 3 heterocycles. The van der Waals surface area contributed by atoms with Crippen LogP contribution in [0.3, 0.4) is 0 Å². The third kappa shape index (κ3) is 4.19. The molecule has 1 aliphatic carbocycles. The molecule has 1 aromatic rings. The number of ether oxygens (including phenoxy) is 1. The molecule has 3 aliphatic rings. The summed E-state index contributed by atoms with van der Waals surface area (Å²) in [7, 11) is 0. The summed E-state index contributed by atoms with van der Waals surface area (Å²) in [6.45, 7) is 5.13. The number of nitrogens with one attached hydrogen (secondary N) is 2. The Morgan fingerprint density at radius 3 is 2.72 bits per heavy atom. The first kappa shape index (κ1) is 20.2. The fourth-order valence-corrected chi connectivity index (χ4v) is 3.94. The van der Waals surface area contributed by atoms with Crippen LogP contribution >= 0.6 is 24.8 Å². The Balaban J connectivity index is 0.00000113. The number of aromatic nitrogens is 1. The van der Waals surface area contributed by atoms with Crippen LogP contribution in [0.2, 0.25) is 0 Å². The summed E-state index contributed by atoms with van der Waals surface area (Å²) in [4.78, 5) is 19.4. The molecule has 0 bridgehead atoms. The number of nitrogens with zero attached hydrogens (tertiary/aromatic N) is 2. The molecule has 0 radical (unpaired) electrons. The van der Waals surface area contributed by atoms with Crippen LogP contribution in [0.1, 0.15) is 19.3 Å². The van der Waals surface area contributed by atoms with Gasteiger partial charge < -0.3 is 20.3 Å². The van der Waals surface area contributed by atoms with Crippen LogP contribution in [0.25, 0.3) is 0 Å². The minimum Gasteiger partial charge on any atom is -0.378 e. The van der Waals surface area contributed by atoms with Gasteiger partial charge in [-0.1, -0.05) is 0 Å². The maximum atomic E-state index is 12.7. The molecule has 8 heteroatoms. The lowest BCUT2D eigenvalue weighted by molar-refractivity contribution is -0.118. The summed E-state index contributed by atoms with van der Waals surface area (Å²) in [5.74, 6) is 1.20. The van der Waals surface area contributed by atoms with Crippen LogP contribution in [0.15, 0.2) is 18.3 Å². The van der Waals surface area contributed by atoms with Gasteiger partial charge in [0.15, 0.2) is 5.82 Å². The van der Waals surface area contributed by atoms with Gasteiger partial charge in [0, 0.05) is 25.2 Å². The Hall–Kier alpha value is -1.08. The molecular formula is C17H26Cl2N4O2. The molecule has 2 saturated heterocycles. The van der Waals surface area contributed by atoms with Gasteiger partial charge in [-0.05, 0) is 49.9 Å². The molecule has 140 valence electrons. The monoisotopic (exact) mass is 388 g/mol. The quantitative estimate of drug-likeness (QED) is 0.829. The second kappa shape index (κ2) is 8.54. The van der Waals surface area contributed by atoms with E-state index in [1.165, 1.54) is 0 Å². The van der Waals surface area contributed by atoms with E-state index in [9.17, 15) is 4.79 Å². The molecule has 6 nitrogen and oxygen atoms in total. The maximum Gasteiger partial charge on any atom is 0.228 e. The summed E-state index contributed by atoms with van der Waals surface area (Å²) in [5.41, 5.74) is 1.09. The van der Waals surface area contributed by atoms with Gasteiger partial charge >= 0.3 is 0 Å². The zero-order valence-electron chi connectivity index (χ0n) is 14.2. The van der Waals surface area contributed by atoms with E-state index < -0.39 is 0 Å². The van der Waals surface area contributed by atoms with Gasteiger partial charge in [-0.15, -0.1) is 24.8 Å². The maximum absolute atomic E-state index is 12.7. The average Bonchev–Trinajstić information content (AvgIpc) is 3.30. The number of piperidine rings is 1. The van der Waals surface area contributed by atoms with Crippen molar-refractivity contribution in [1.82, 2.24) is 10.3 Å². The molecule has 4 rings (SSSR count). The van der Waals surface area contributed by atoms with Crippen molar-refractivity contribution >= 4 is 42.2 Å². The number of rotatable bonds is 3.